The Balaban J connectivity index is 2.15. The molecule has 0 aliphatic heterocycles. The van der Waals surface area contributed by atoms with Crippen molar-refractivity contribution in [1.29, 1.82) is 0 Å². The molecule has 1 N–H and O–H groups in total. The molecule has 1 aliphatic rings. The standard InChI is InChI=1S/C11H13NO2S/c13-11(14)9-6-3-7-12-10(9)15-8-4-1-2-5-8/h3,6-8H,1-2,4-5H2,(H,13,14). The van der Waals surface area contributed by atoms with Crippen molar-refractivity contribution in [2.75, 3.05) is 0 Å². The first-order valence-corrected chi connectivity index (χ1v) is 6.00. The maximum atomic E-state index is 10.9. The monoisotopic (exact) mass is 223 g/mol. The molecule has 1 aliphatic carbocycles. The third kappa shape index (κ3) is 2.50. The summed E-state index contributed by atoms with van der Waals surface area (Å²) in [5.74, 6) is -0.886. The van der Waals surface area contributed by atoms with E-state index in [1.807, 2.05) is 0 Å². The number of nitrogens with zero attached hydrogens (tertiary/aromatic N) is 1. The largest absolute Gasteiger partial charge is 0.478 e. The smallest absolute Gasteiger partial charge is 0.338 e. The van der Waals surface area contributed by atoms with Crippen molar-refractivity contribution >= 4 is 17.7 Å². The van der Waals surface area contributed by atoms with E-state index in [-0.39, 0.29) is 0 Å². The third-order valence-electron chi connectivity index (χ3n) is 2.58. The van der Waals surface area contributed by atoms with Gasteiger partial charge < -0.3 is 5.11 Å². The topological polar surface area (TPSA) is 50.2 Å². The van der Waals surface area contributed by atoms with E-state index in [4.69, 9.17) is 5.11 Å². The van der Waals surface area contributed by atoms with E-state index >= 15 is 0 Å². The number of aromatic carboxylic acids is 1. The molecule has 1 aromatic rings. The number of carboxylic acid groups (broad SMARTS) is 1. The summed E-state index contributed by atoms with van der Waals surface area (Å²) in [6.45, 7) is 0. The molecule has 2 rings (SSSR count). The normalized spacial score (nSPS) is 16.8. The van der Waals surface area contributed by atoms with Gasteiger partial charge in [-0.2, -0.15) is 0 Å². The number of carbonyl (C=O) groups is 1. The first kappa shape index (κ1) is 10.5. The van der Waals surface area contributed by atoms with E-state index in [1.165, 1.54) is 25.7 Å². The van der Waals surface area contributed by atoms with Crippen LogP contribution >= 0.6 is 11.8 Å². The summed E-state index contributed by atoms with van der Waals surface area (Å²) in [5, 5.41) is 10.2. The van der Waals surface area contributed by atoms with Crippen molar-refractivity contribution in [2.45, 2.75) is 36.0 Å². The van der Waals surface area contributed by atoms with Crippen molar-refractivity contribution in [3.63, 3.8) is 0 Å². The van der Waals surface area contributed by atoms with E-state index in [2.05, 4.69) is 4.98 Å². The van der Waals surface area contributed by atoms with Crippen LogP contribution in [0.25, 0.3) is 0 Å². The molecule has 0 aromatic carbocycles. The predicted octanol–water partition coefficient (Wildman–Crippen LogP) is 2.81. The van der Waals surface area contributed by atoms with Gasteiger partial charge in [-0.25, -0.2) is 9.78 Å². The van der Waals surface area contributed by atoms with Crippen LogP contribution in [0.4, 0.5) is 0 Å². The number of carboxylic acids is 1. The van der Waals surface area contributed by atoms with E-state index in [0.29, 0.717) is 15.8 Å². The average molecular weight is 223 g/mol. The van der Waals surface area contributed by atoms with Gasteiger partial charge in [0.05, 0.1) is 5.56 Å². The molecule has 0 unspecified atom stereocenters. The summed E-state index contributed by atoms with van der Waals surface area (Å²) in [6.07, 6.45) is 6.53. The summed E-state index contributed by atoms with van der Waals surface area (Å²) in [7, 11) is 0. The van der Waals surface area contributed by atoms with E-state index < -0.39 is 5.97 Å². The van der Waals surface area contributed by atoms with Crippen molar-refractivity contribution in [2.24, 2.45) is 0 Å². The number of rotatable bonds is 3. The second-order valence-electron chi connectivity index (χ2n) is 3.69. The number of hydrogen-bond donors (Lipinski definition) is 1. The number of pyridine rings is 1. The summed E-state index contributed by atoms with van der Waals surface area (Å²) in [4.78, 5) is 15.1. The molecule has 4 heteroatoms. The molecule has 0 bridgehead atoms. The Morgan fingerprint density at radius 3 is 2.87 bits per heavy atom. The minimum absolute atomic E-state index is 0.328. The van der Waals surface area contributed by atoms with Gasteiger partial charge in [-0.3, -0.25) is 0 Å². The van der Waals surface area contributed by atoms with Crippen molar-refractivity contribution < 1.29 is 9.90 Å². The molecular weight excluding hydrogens is 210 g/mol. The van der Waals surface area contributed by atoms with Crippen LogP contribution in [0.2, 0.25) is 0 Å². The fourth-order valence-corrected chi connectivity index (χ4v) is 3.10. The summed E-state index contributed by atoms with van der Waals surface area (Å²) < 4.78 is 0. The second kappa shape index (κ2) is 4.66. The van der Waals surface area contributed by atoms with Crippen LogP contribution in [0, 0.1) is 0 Å². The van der Waals surface area contributed by atoms with Crippen LogP contribution in [0.15, 0.2) is 23.4 Å². The van der Waals surface area contributed by atoms with Crippen molar-refractivity contribution in [3.05, 3.63) is 23.9 Å². The maximum Gasteiger partial charge on any atom is 0.338 e. The predicted molar refractivity (Wildman–Crippen MR) is 59.3 cm³/mol. The molecule has 1 fully saturated rings. The molecule has 0 atom stereocenters. The van der Waals surface area contributed by atoms with Gasteiger partial charge in [-0.05, 0) is 25.0 Å². The van der Waals surface area contributed by atoms with Crippen LogP contribution in [-0.4, -0.2) is 21.3 Å². The minimum atomic E-state index is -0.886. The lowest BCUT2D eigenvalue weighted by Crippen LogP contribution is -2.03. The van der Waals surface area contributed by atoms with Gasteiger partial charge in [-0.1, -0.05) is 12.8 Å². The fourth-order valence-electron chi connectivity index (χ4n) is 1.81. The van der Waals surface area contributed by atoms with Crippen LogP contribution in [0.5, 0.6) is 0 Å². The quantitative estimate of drug-likeness (QED) is 0.856. The molecule has 0 saturated heterocycles. The Kier molecular flexibility index (Phi) is 3.26. The van der Waals surface area contributed by atoms with Gasteiger partial charge >= 0.3 is 5.97 Å². The fraction of sp³-hybridized carbons (Fsp3) is 0.455. The van der Waals surface area contributed by atoms with Gasteiger partial charge in [0, 0.05) is 11.4 Å². The lowest BCUT2D eigenvalue weighted by molar-refractivity contribution is 0.0692. The first-order chi connectivity index (χ1) is 7.27. The summed E-state index contributed by atoms with van der Waals surface area (Å²) in [6, 6.07) is 3.29. The Hall–Kier alpha value is -1.03. The Bertz CT molecular complexity index is 361. The molecule has 0 amide bonds. The van der Waals surface area contributed by atoms with Crippen LogP contribution in [-0.2, 0) is 0 Å². The van der Waals surface area contributed by atoms with Gasteiger partial charge in [0.25, 0.3) is 0 Å². The second-order valence-corrected chi connectivity index (χ2v) is 4.97. The van der Waals surface area contributed by atoms with Crippen LogP contribution in [0.1, 0.15) is 36.0 Å². The van der Waals surface area contributed by atoms with Gasteiger partial charge in [0.1, 0.15) is 5.03 Å². The van der Waals surface area contributed by atoms with Gasteiger partial charge in [-0.15, -0.1) is 11.8 Å². The first-order valence-electron chi connectivity index (χ1n) is 5.12. The SMILES string of the molecule is O=C(O)c1cccnc1SC1CCCC1. The van der Waals surface area contributed by atoms with Gasteiger partial charge in [0.2, 0.25) is 0 Å². The lowest BCUT2D eigenvalue weighted by Gasteiger charge is -2.09. The highest BCUT2D eigenvalue weighted by Gasteiger charge is 2.20. The van der Waals surface area contributed by atoms with E-state index in [9.17, 15) is 4.79 Å². The molecule has 0 radical (unpaired) electrons. The van der Waals surface area contributed by atoms with E-state index in [1.54, 1.807) is 30.1 Å². The third-order valence-corrected chi connectivity index (χ3v) is 3.94. The minimum Gasteiger partial charge on any atom is -0.478 e. The zero-order valence-electron chi connectivity index (χ0n) is 8.35. The number of aromatic nitrogens is 1. The summed E-state index contributed by atoms with van der Waals surface area (Å²) >= 11 is 1.61. The molecule has 1 heterocycles. The summed E-state index contributed by atoms with van der Waals surface area (Å²) in [5.41, 5.74) is 0.328. The highest BCUT2D eigenvalue weighted by molar-refractivity contribution is 7.99. The zero-order valence-corrected chi connectivity index (χ0v) is 9.17. The van der Waals surface area contributed by atoms with Crippen LogP contribution in [0.3, 0.4) is 0 Å². The Morgan fingerprint density at radius 2 is 2.20 bits per heavy atom. The molecule has 0 spiro atoms. The molecular formula is C11H13NO2S. The number of thioether (sulfide) groups is 1. The van der Waals surface area contributed by atoms with Crippen LogP contribution < -0.4 is 0 Å². The molecule has 15 heavy (non-hydrogen) atoms. The number of hydrogen-bond acceptors (Lipinski definition) is 3. The van der Waals surface area contributed by atoms with Crippen molar-refractivity contribution in [3.8, 4) is 0 Å². The molecule has 1 aromatic heterocycles. The average Bonchev–Trinajstić information content (AvgIpc) is 2.71. The molecule has 3 nitrogen and oxygen atoms in total. The lowest BCUT2D eigenvalue weighted by atomic mass is 10.3. The zero-order chi connectivity index (χ0) is 10.7. The van der Waals surface area contributed by atoms with Gasteiger partial charge in [0.15, 0.2) is 0 Å². The highest BCUT2D eigenvalue weighted by Crippen LogP contribution is 2.34. The Morgan fingerprint density at radius 1 is 1.47 bits per heavy atom. The Labute approximate surface area is 92.9 Å². The molecule has 1 saturated carbocycles. The maximum absolute atomic E-state index is 10.9. The van der Waals surface area contributed by atoms with Crippen molar-refractivity contribution in [1.82, 2.24) is 4.98 Å². The van der Waals surface area contributed by atoms with E-state index in [0.717, 1.165) is 0 Å². The molecule has 80 valence electrons. The highest BCUT2D eigenvalue weighted by atomic mass is 32.2.